The molecule has 2 fully saturated rings. The van der Waals surface area contributed by atoms with E-state index in [1.807, 2.05) is 0 Å². The largest absolute Gasteiger partial charge is 0.494 e. The molecular formula is C29H35F3N6O2. The molecule has 214 valence electrons. The van der Waals surface area contributed by atoms with E-state index in [2.05, 4.69) is 37.0 Å². The van der Waals surface area contributed by atoms with Gasteiger partial charge in [-0.1, -0.05) is 0 Å². The lowest BCUT2D eigenvalue weighted by molar-refractivity contribution is 0.0981. The molecule has 0 bridgehead atoms. The predicted molar refractivity (Wildman–Crippen MR) is 148 cm³/mol. The Morgan fingerprint density at radius 1 is 0.950 bits per heavy atom. The van der Waals surface area contributed by atoms with Gasteiger partial charge < -0.3 is 24.6 Å². The topological polar surface area (TPSA) is 66.0 Å². The highest BCUT2D eigenvalue weighted by Gasteiger charge is 2.27. The molecule has 1 aromatic heterocycles. The fraction of sp³-hybridized carbons (Fsp3) is 0.448. The molecule has 0 saturated carbocycles. The van der Waals surface area contributed by atoms with Crippen LogP contribution in [0, 0.1) is 24.4 Å². The fourth-order valence-electron chi connectivity index (χ4n) is 5.32. The van der Waals surface area contributed by atoms with Crippen LogP contribution < -0.4 is 19.7 Å². The van der Waals surface area contributed by atoms with Crippen LogP contribution >= 0.6 is 0 Å². The van der Waals surface area contributed by atoms with E-state index in [1.54, 1.807) is 12.1 Å². The summed E-state index contributed by atoms with van der Waals surface area (Å²) in [5, 5.41) is 2.99. The lowest BCUT2D eigenvalue weighted by Crippen LogP contribution is -2.52. The van der Waals surface area contributed by atoms with Crippen molar-refractivity contribution < 1.29 is 22.6 Å². The van der Waals surface area contributed by atoms with E-state index in [9.17, 15) is 8.78 Å². The average molecular weight is 557 g/mol. The quantitative estimate of drug-likeness (QED) is 0.427. The summed E-state index contributed by atoms with van der Waals surface area (Å²) in [6.07, 6.45) is 4.82. The molecule has 2 aliphatic heterocycles. The minimum absolute atomic E-state index is 0.0540. The number of nitrogens with zero attached hydrogens (tertiary/aromatic N) is 5. The van der Waals surface area contributed by atoms with E-state index in [-0.39, 0.29) is 41.0 Å². The SMILES string of the molecule is COc1cc(C)c(F)c(COc2cnc(Nc3ccc(N4CCC(N5CCN(C)CC5)CC4)c(F)c3)nc2)c1F. The van der Waals surface area contributed by atoms with Crippen LogP contribution in [0.2, 0.25) is 0 Å². The molecule has 1 N–H and O–H groups in total. The predicted octanol–water partition coefficient (Wildman–Crippen LogP) is 4.75. The normalized spacial score (nSPS) is 17.2. The molecule has 0 spiro atoms. The van der Waals surface area contributed by atoms with E-state index in [1.165, 1.54) is 38.6 Å². The number of ether oxygens (including phenoxy) is 2. The Labute approximate surface area is 232 Å². The maximum atomic E-state index is 15.1. The van der Waals surface area contributed by atoms with E-state index in [0.717, 1.165) is 52.1 Å². The summed E-state index contributed by atoms with van der Waals surface area (Å²) in [6.45, 7) is 7.23. The zero-order valence-electron chi connectivity index (χ0n) is 23.1. The highest BCUT2D eigenvalue weighted by Crippen LogP contribution is 2.29. The highest BCUT2D eigenvalue weighted by atomic mass is 19.1. The molecule has 5 rings (SSSR count). The van der Waals surface area contributed by atoms with Gasteiger partial charge in [0.15, 0.2) is 17.3 Å². The summed E-state index contributed by atoms with van der Waals surface area (Å²) in [4.78, 5) is 15.4. The Bertz CT molecular complexity index is 1310. The van der Waals surface area contributed by atoms with E-state index in [0.29, 0.717) is 17.4 Å². The molecule has 2 aliphatic rings. The number of aromatic nitrogens is 2. The molecule has 8 nitrogen and oxygen atoms in total. The van der Waals surface area contributed by atoms with Crippen molar-refractivity contribution in [3.8, 4) is 11.5 Å². The van der Waals surface area contributed by atoms with Gasteiger partial charge in [-0.25, -0.2) is 23.1 Å². The van der Waals surface area contributed by atoms with Gasteiger partial charge in [-0.2, -0.15) is 0 Å². The maximum absolute atomic E-state index is 15.1. The number of hydrogen-bond acceptors (Lipinski definition) is 8. The number of methoxy groups -OCH3 is 1. The second-order valence-electron chi connectivity index (χ2n) is 10.4. The van der Waals surface area contributed by atoms with Crippen LogP contribution in [0.3, 0.4) is 0 Å². The first-order chi connectivity index (χ1) is 19.3. The molecule has 2 saturated heterocycles. The van der Waals surface area contributed by atoms with Crippen molar-refractivity contribution in [1.82, 2.24) is 19.8 Å². The fourth-order valence-corrected chi connectivity index (χ4v) is 5.32. The first-order valence-electron chi connectivity index (χ1n) is 13.5. The third-order valence-electron chi connectivity index (χ3n) is 7.73. The van der Waals surface area contributed by atoms with Gasteiger partial charge in [0.1, 0.15) is 18.2 Å². The lowest BCUT2D eigenvalue weighted by Gasteiger charge is -2.42. The van der Waals surface area contributed by atoms with Gasteiger partial charge in [0, 0.05) is 51.0 Å². The Balaban J connectivity index is 1.15. The molecular weight excluding hydrogens is 521 g/mol. The number of likely N-dealkylation sites (N-methyl/N-ethyl adjacent to an activating group) is 1. The van der Waals surface area contributed by atoms with Crippen LogP contribution in [0.4, 0.5) is 30.5 Å². The first kappa shape index (κ1) is 28.0. The van der Waals surface area contributed by atoms with Gasteiger partial charge in [0.2, 0.25) is 5.95 Å². The van der Waals surface area contributed by atoms with Gasteiger partial charge in [-0.3, -0.25) is 4.90 Å². The zero-order chi connectivity index (χ0) is 28.2. The van der Waals surface area contributed by atoms with Crippen LogP contribution in [0.1, 0.15) is 24.0 Å². The summed E-state index contributed by atoms with van der Waals surface area (Å²) < 4.78 is 54.5. The number of piperidine rings is 1. The molecule has 0 atom stereocenters. The number of anilines is 3. The Hall–Kier alpha value is -3.57. The van der Waals surface area contributed by atoms with Crippen molar-refractivity contribution in [1.29, 1.82) is 0 Å². The number of aryl methyl sites for hydroxylation is 1. The molecule has 0 radical (unpaired) electrons. The van der Waals surface area contributed by atoms with Gasteiger partial charge in [-0.15, -0.1) is 0 Å². The molecule has 40 heavy (non-hydrogen) atoms. The molecule has 11 heteroatoms. The monoisotopic (exact) mass is 556 g/mol. The van der Waals surface area contributed by atoms with Crippen LogP contribution in [-0.2, 0) is 6.61 Å². The minimum atomic E-state index is -0.810. The summed E-state index contributed by atoms with van der Waals surface area (Å²) in [6, 6.07) is 6.88. The molecule has 2 aromatic carbocycles. The lowest BCUT2D eigenvalue weighted by atomic mass is 10.0. The van der Waals surface area contributed by atoms with E-state index >= 15 is 4.39 Å². The second kappa shape index (κ2) is 12.3. The van der Waals surface area contributed by atoms with Crippen molar-refractivity contribution in [3.63, 3.8) is 0 Å². The molecule has 0 amide bonds. The molecule has 3 heterocycles. The number of halogens is 3. The van der Waals surface area contributed by atoms with Crippen molar-refractivity contribution in [3.05, 3.63) is 65.2 Å². The number of piperazine rings is 1. The van der Waals surface area contributed by atoms with Gasteiger partial charge in [-0.05, 0) is 56.6 Å². The van der Waals surface area contributed by atoms with Crippen molar-refractivity contribution in [2.75, 3.05) is 63.6 Å². The molecule has 0 unspecified atom stereocenters. The van der Waals surface area contributed by atoms with Crippen molar-refractivity contribution in [2.24, 2.45) is 0 Å². The number of benzene rings is 2. The third kappa shape index (κ3) is 6.26. The molecule has 3 aromatic rings. The van der Waals surface area contributed by atoms with Gasteiger partial charge in [0.05, 0.1) is 30.8 Å². The smallest absolute Gasteiger partial charge is 0.227 e. The number of rotatable bonds is 8. The summed E-state index contributed by atoms with van der Waals surface area (Å²) >= 11 is 0. The minimum Gasteiger partial charge on any atom is -0.494 e. The zero-order valence-corrected chi connectivity index (χ0v) is 23.1. The van der Waals surface area contributed by atoms with Crippen molar-refractivity contribution in [2.45, 2.75) is 32.4 Å². The summed E-state index contributed by atoms with van der Waals surface area (Å²) in [5.74, 6) is -1.40. The Morgan fingerprint density at radius 2 is 1.65 bits per heavy atom. The van der Waals surface area contributed by atoms with E-state index < -0.39 is 11.6 Å². The van der Waals surface area contributed by atoms with Gasteiger partial charge in [0.25, 0.3) is 0 Å². The third-order valence-corrected chi connectivity index (χ3v) is 7.73. The van der Waals surface area contributed by atoms with Crippen LogP contribution in [-0.4, -0.2) is 79.2 Å². The van der Waals surface area contributed by atoms with Crippen LogP contribution in [0.25, 0.3) is 0 Å². The highest BCUT2D eigenvalue weighted by molar-refractivity contribution is 5.60. The average Bonchev–Trinajstić information content (AvgIpc) is 2.96. The van der Waals surface area contributed by atoms with E-state index in [4.69, 9.17) is 9.47 Å². The van der Waals surface area contributed by atoms with Gasteiger partial charge >= 0.3 is 0 Å². The van der Waals surface area contributed by atoms with Crippen molar-refractivity contribution >= 4 is 17.3 Å². The van der Waals surface area contributed by atoms with Crippen LogP contribution in [0.15, 0.2) is 36.7 Å². The second-order valence-corrected chi connectivity index (χ2v) is 10.4. The van der Waals surface area contributed by atoms with Crippen LogP contribution in [0.5, 0.6) is 11.5 Å². The Morgan fingerprint density at radius 3 is 2.30 bits per heavy atom. The summed E-state index contributed by atoms with van der Waals surface area (Å²) in [7, 11) is 3.48. The summed E-state index contributed by atoms with van der Waals surface area (Å²) in [5.41, 5.74) is 1.12. The number of nitrogens with one attached hydrogen (secondary N) is 1. The number of hydrogen-bond donors (Lipinski definition) is 1. The molecule has 0 aliphatic carbocycles. The Kier molecular flexibility index (Phi) is 8.60. The standard InChI is InChI=1S/C29H35F3N6O2/c1-19-14-26(39-3)28(32)23(27(19)31)18-40-22-16-33-29(34-17-22)35-20-4-5-25(24(30)15-20)38-8-6-21(7-9-38)37-12-10-36(2)11-13-37/h4-5,14-17,21H,6-13,18H2,1-3H3,(H,33,34,35). The first-order valence-corrected chi connectivity index (χ1v) is 13.5. The maximum Gasteiger partial charge on any atom is 0.227 e.